The number of rotatable bonds is 3. The van der Waals surface area contributed by atoms with Gasteiger partial charge in [-0.3, -0.25) is 0 Å². The zero-order valence-electron chi connectivity index (χ0n) is 13.4. The van der Waals surface area contributed by atoms with Crippen LogP contribution in [0.5, 0.6) is 0 Å². The Labute approximate surface area is 137 Å². The first-order valence-electron chi connectivity index (χ1n) is 7.51. The third-order valence-electron chi connectivity index (χ3n) is 4.17. The predicted molar refractivity (Wildman–Crippen MR) is 75.9 cm³/mol. The number of aliphatic hydroxyl groups is 1. The van der Waals surface area contributed by atoms with E-state index in [0.29, 0.717) is 5.56 Å². The molecule has 2 heterocycles. The molecule has 134 valence electrons. The highest BCUT2D eigenvalue weighted by molar-refractivity contribution is 5.27. The molecule has 1 aromatic rings. The van der Waals surface area contributed by atoms with Crippen molar-refractivity contribution in [3.05, 3.63) is 35.4 Å². The highest BCUT2D eigenvalue weighted by atomic mass is 19.4. The number of aliphatic hydroxyl groups excluding tert-OH is 1. The van der Waals surface area contributed by atoms with Crippen molar-refractivity contribution in [1.29, 1.82) is 0 Å². The van der Waals surface area contributed by atoms with E-state index in [2.05, 4.69) is 0 Å². The first-order valence-corrected chi connectivity index (χ1v) is 7.51. The highest BCUT2D eigenvalue weighted by Crippen LogP contribution is 2.43. The van der Waals surface area contributed by atoms with Gasteiger partial charge >= 0.3 is 6.18 Å². The maximum Gasteiger partial charge on any atom is 0.416 e. The second-order valence-corrected chi connectivity index (χ2v) is 6.33. The molecular weight excluding hydrogens is 329 g/mol. The Kier molecular flexibility index (Phi) is 4.38. The van der Waals surface area contributed by atoms with Gasteiger partial charge in [-0.1, -0.05) is 12.1 Å². The van der Waals surface area contributed by atoms with E-state index in [0.717, 1.165) is 12.1 Å². The van der Waals surface area contributed by atoms with Crippen molar-refractivity contribution in [1.82, 2.24) is 0 Å². The maximum atomic E-state index is 12.6. The molecule has 5 nitrogen and oxygen atoms in total. The van der Waals surface area contributed by atoms with Crippen molar-refractivity contribution in [2.45, 2.75) is 56.5 Å². The van der Waals surface area contributed by atoms with E-state index in [-0.39, 0.29) is 0 Å². The van der Waals surface area contributed by atoms with E-state index in [1.54, 1.807) is 13.8 Å². The molecule has 24 heavy (non-hydrogen) atoms. The molecule has 0 amide bonds. The van der Waals surface area contributed by atoms with Crippen LogP contribution in [0.3, 0.4) is 0 Å². The maximum absolute atomic E-state index is 12.6. The van der Waals surface area contributed by atoms with Gasteiger partial charge in [0.1, 0.15) is 24.4 Å². The van der Waals surface area contributed by atoms with Crippen molar-refractivity contribution in [3.63, 3.8) is 0 Å². The smallest absolute Gasteiger partial charge is 0.386 e. The molecule has 1 unspecified atom stereocenters. The summed E-state index contributed by atoms with van der Waals surface area (Å²) in [6.45, 7) is 3.47. The Morgan fingerprint density at radius 2 is 1.71 bits per heavy atom. The molecule has 0 aliphatic carbocycles. The first kappa shape index (κ1) is 17.6. The molecule has 0 aromatic heterocycles. The van der Waals surface area contributed by atoms with E-state index >= 15 is 0 Å². The van der Waals surface area contributed by atoms with Crippen molar-refractivity contribution >= 4 is 0 Å². The lowest BCUT2D eigenvalue weighted by Crippen LogP contribution is -2.34. The summed E-state index contributed by atoms with van der Waals surface area (Å²) < 4.78 is 60.3. The van der Waals surface area contributed by atoms with Crippen molar-refractivity contribution in [3.8, 4) is 0 Å². The van der Waals surface area contributed by atoms with Gasteiger partial charge in [-0.05, 0) is 31.5 Å². The predicted octanol–water partition coefficient (Wildman–Crippen LogP) is 2.63. The molecule has 8 heteroatoms. The van der Waals surface area contributed by atoms with Gasteiger partial charge in [-0.2, -0.15) is 13.2 Å². The topological polar surface area (TPSA) is 57.2 Å². The Bertz CT molecular complexity index is 586. The Balaban J connectivity index is 1.80. The van der Waals surface area contributed by atoms with Crippen LogP contribution in [0.15, 0.2) is 24.3 Å². The summed E-state index contributed by atoms with van der Waals surface area (Å²) in [6.07, 6.45) is -8.21. The van der Waals surface area contributed by atoms with Gasteiger partial charge in [-0.15, -0.1) is 0 Å². The van der Waals surface area contributed by atoms with E-state index in [1.807, 2.05) is 0 Å². The van der Waals surface area contributed by atoms with Crippen molar-refractivity contribution in [2.75, 3.05) is 7.11 Å². The number of hydrogen-bond acceptors (Lipinski definition) is 5. The third kappa shape index (κ3) is 3.16. The fraction of sp³-hybridized carbons (Fsp3) is 0.625. The highest BCUT2D eigenvalue weighted by Gasteiger charge is 2.57. The molecule has 2 aliphatic heterocycles. The van der Waals surface area contributed by atoms with Gasteiger partial charge in [-0.25, -0.2) is 0 Å². The van der Waals surface area contributed by atoms with Gasteiger partial charge < -0.3 is 24.1 Å². The average molecular weight is 348 g/mol. The molecule has 0 spiro atoms. The number of hydrogen-bond donors (Lipinski definition) is 1. The Morgan fingerprint density at radius 3 is 2.25 bits per heavy atom. The van der Waals surface area contributed by atoms with E-state index in [9.17, 15) is 18.3 Å². The van der Waals surface area contributed by atoms with Gasteiger partial charge in [0.2, 0.25) is 0 Å². The normalized spacial score (nSPS) is 33.5. The molecule has 3 rings (SSSR count). The zero-order valence-corrected chi connectivity index (χ0v) is 13.4. The van der Waals surface area contributed by atoms with E-state index < -0.39 is 48.2 Å². The van der Waals surface area contributed by atoms with Gasteiger partial charge in [0.25, 0.3) is 0 Å². The summed E-state index contributed by atoms with van der Waals surface area (Å²) in [5.41, 5.74) is -0.475. The minimum absolute atomic E-state index is 0.303. The summed E-state index contributed by atoms with van der Waals surface area (Å²) in [6, 6.07) is 4.31. The minimum Gasteiger partial charge on any atom is -0.386 e. The molecule has 2 aliphatic rings. The van der Waals surface area contributed by atoms with Crippen LogP contribution in [0, 0.1) is 0 Å². The number of benzene rings is 1. The van der Waals surface area contributed by atoms with Crippen LogP contribution >= 0.6 is 0 Å². The number of fused-ring (bicyclic) bond motifs is 1. The fourth-order valence-electron chi connectivity index (χ4n) is 3.09. The van der Waals surface area contributed by atoms with E-state index in [4.69, 9.17) is 18.9 Å². The molecular formula is C16H19F3O5. The molecule has 0 bridgehead atoms. The Morgan fingerprint density at radius 1 is 1.12 bits per heavy atom. The van der Waals surface area contributed by atoms with Crippen molar-refractivity contribution in [2.24, 2.45) is 0 Å². The van der Waals surface area contributed by atoms with Crippen LogP contribution in [-0.4, -0.2) is 42.6 Å². The summed E-state index contributed by atoms with van der Waals surface area (Å²) in [5.74, 6) is -0.853. The molecule has 2 saturated heterocycles. The number of alkyl halides is 3. The quantitative estimate of drug-likeness (QED) is 0.910. The number of methoxy groups -OCH3 is 1. The molecule has 0 radical (unpaired) electrons. The standard InChI is InChI=1S/C16H19F3O5/c1-15(2)23-12-11(22-14(21-3)13(12)24-15)10(20)8-4-6-9(7-5-8)16(17,18)19/h4-7,10-14,20H,1-3H3/t10-,11-,12-,13-,14?/m1/s1. The molecule has 1 N–H and O–H groups in total. The van der Waals surface area contributed by atoms with Gasteiger partial charge in [0, 0.05) is 7.11 Å². The van der Waals surface area contributed by atoms with Gasteiger partial charge in [0.05, 0.1) is 5.56 Å². The monoisotopic (exact) mass is 348 g/mol. The molecule has 2 fully saturated rings. The summed E-state index contributed by atoms with van der Waals surface area (Å²) in [7, 11) is 1.45. The second-order valence-electron chi connectivity index (χ2n) is 6.33. The van der Waals surface area contributed by atoms with Crippen LogP contribution in [0.4, 0.5) is 13.2 Å². The lowest BCUT2D eigenvalue weighted by atomic mass is 9.98. The number of halogens is 3. The summed E-state index contributed by atoms with van der Waals surface area (Å²) >= 11 is 0. The van der Waals surface area contributed by atoms with Crippen LogP contribution in [0.1, 0.15) is 31.1 Å². The van der Waals surface area contributed by atoms with Crippen LogP contribution in [0.2, 0.25) is 0 Å². The lowest BCUT2D eigenvalue weighted by Gasteiger charge is -2.26. The van der Waals surface area contributed by atoms with Crippen LogP contribution in [0.25, 0.3) is 0 Å². The van der Waals surface area contributed by atoms with Crippen LogP contribution < -0.4 is 0 Å². The van der Waals surface area contributed by atoms with Crippen LogP contribution in [-0.2, 0) is 25.1 Å². The largest absolute Gasteiger partial charge is 0.416 e. The summed E-state index contributed by atoms with van der Waals surface area (Å²) in [5, 5.41) is 10.5. The fourth-order valence-corrected chi connectivity index (χ4v) is 3.09. The summed E-state index contributed by atoms with van der Waals surface area (Å²) in [4.78, 5) is 0. The third-order valence-corrected chi connectivity index (χ3v) is 4.17. The Hall–Kier alpha value is -1.19. The second kappa shape index (κ2) is 5.96. The van der Waals surface area contributed by atoms with E-state index in [1.165, 1.54) is 19.2 Å². The molecule has 1 aromatic carbocycles. The minimum atomic E-state index is -4.42. The first-order chi connectivity index (χ1) is 11.1. The average Bonchev–Trinajstić information content (AvgIpc) is 2.98. The zero-order chi connectivity index (χ0) is 17.7. The molecule has 0 saturated carbocycles. The molecule has 5 atom stereocenters. The number of ether oxygens (including phenoxy) is 4. The lowest BCUT2D eigenvalue weighted by molar-refractivity contribution is -0.237. The van der Waals surface area contributed by atoms with Crippen molar-refractivity contribution < 1.29 is 37.2 Å². The van der Waals surface area contributed by atoms with Gasteiger partial charge in [0.15, 0.2) is 12.1 Å². The SMILES string of the molecule is COC1O[C@H]([C@H](O)c2ccc(C(F)(F)F)cc2)[C@H]2OC(C)(C)O[C@@H]12.